The van der Waals surface area contributed by atoms with Crippen molar-refractivity contribution >= 4 is 34.6 Å². The van der Waals surface area contributed by atoms with Gasteiger partial charge in [0.15, 0.2) is 18.1 Å². The van der Waals surface area contributed by atoms with Crippen molar-refractivity contribution in [3.63, 3.8) is 0 Å². The number of hydrogen-bond donors (Lipinski definition) is 1. The second-order valence-corrected chi connectivity index (χ2v) is 6.56. The highest BCUT2D eigenvalue weighted by atomic mass is 16.5. The van der Waals surface area contributed by atoms with Gasteiger partial charge in [-0.15, -0.1) is 0 Å². The molecule has 0 radical (unpaired) electrons. The van der Waals surface area contributed by atoms with E-state index in [-0.39, 0.29) is 18.7 Å². The van der Waals surface area contributed by atoms with Gasteiger partial charge in [0, 0.05) is 31.8 Å². The smallest absolute Gasteiger partial charge is 0.306 e. The van der Waals surface area contributed by atoms with E-state index in [1.807, 2.05) is 18.2 Å². The van der Waals surface area contributed by atoms with Gasteiger partial charge < -0.3 is 19.4 Å². The molecule has 0 unspecified atom stereocenters. The van der Waals surface area contributed by atoms with Crippen LogP contribution in [0.15, 0.2) is 52.9 Å². The van der Waals surface area contributed by atoms with Crippen LogP contribution in [0.4, 0.5) is 5.69 Å². The Morgan fingerprint density at radius 2 is 1.79 bits per heavy atom. The van der Waals surface area contributed by atoms with Crippen molar-refractivity contribution in [1.82, 2.24) is 9.88 Å². The minimum absolute atomic E-state index is 0.0570. The van der Waals surface area contributed by atoms with E-state index >= 15 is 0 Å². The highest BCUT2D eigenvalue weighted by molar-refractivity contribution is 5.96. The van der Waals surface area contributed by atoms with Crippen LogP contribution in [-0.4, -0.2) is 48.4 Å². The van der Waals surface area contributed by atoms with E-state index < -0.39 is 18.5 Å². The van der Waals surface area contributed by atoms with Gasteiger partial charge in [0.1, 0.15) is 5.52 Å². The number of benzene rings is 2. The summed E-state index contributed by atoms with van der Waals surface area (Å²) in [5, 5.41) is 2.61. The molecule has 0 saturated carbocycles. The van der Waals surface area contributed by atoms with Crippen LogP contribution in [0.5, 0.6) is 0 Å². The average Bonchev–Trinajstić information content (AvgIpc) is 3.13. The number of aryl methyl sites for hydroxylation is 1. The maximum Gasteiger partial charge on any atom is 0.306 e. The van der Waals surface area contributed by atoms with Crippen LogP contribution in [-0.2, 0) is 20.7 Å². The molecule has 0 bridgehead atoms. The quantitative estimate of drug-likeness (QED) is 0.617. The van der Waals surface area contributed by atoms with E-state index in [9.17, 15) is 14.4 Å². The lowest BCUT2D eigenvalue weighted by Crippen LogP contribution is -2.22. The highest BCUT2D eigenvalue weighted by Gasteiger charge is 2.12. The van der Waals surface area contributed by atoms with Gasteiger partial charge >= 0.3 is 5.97 Å². The molecule has 8 nitrogen and oxygen atoms in total. The van der Waals surface area contributed by atoms with E-state index in [0.717, 1.165) is 5.52 Å². The van der Waals surface area contributed by atoms with Crippen LogP contribution in [0.1, 0.15) is 22.7 Å². The number of nitrogens with one attached hydrogen (secondary N) is 1. The first-order valence-corrected chi connectivity index (χ1v) is 9.04. The Morgan fingerprint density at radius 1 is 1.07 bits per heavy atom. The molecule has 0 aliphatic heterocycles. The second kappa shape index (κ2) is 9.01. The van der Waals surface area contributed by atoms with Crippen molar-refractivity contribution in [3.8, 4) is 0 Å². The molecule has 0 aliphatic rings. The molecule has 1 N–H and O–H groups in total. The van der Waals surface area contributed by atoms with E-state index in [2.05, 4.69) is 10.3 Å². The lowest BCUT2D eigenvalue weighted by molar-refractivity contribution is -0.147. The number of anilines is 1. The fraction of sp³-hybridized carbons (Fsp3) is 0.238. The third kappa shape index (κ3) is 5.41. The van der Waals surface area contributed by atoms with Gasteiger partial charge in [-0.25, -0.2) is 4.98 Å². The molecule has 1 heterocycles. The second-order valence-electron chi connectivity index (χ2n) is 6.56. The molecule has 0 aliphatic carbocycles. The Morgan fingerprint density at radius 3 is 2.48 bits per heavy atom. The first-order chi connectivity index (χ1) is 13.9. The maximum absolute atomic E-state index is 11.9. The summed E-state index contributed by atoms with van der Waals surface area (Å²) < 4.78 is 10.5. The zero-order valence-electron chi connectivity index (χ0n) is 16.2. The molecule has 2 aromatic carbocycles. The molecule has 29 heavy (non-hydrogen) atoms. The number of nitrogens with zero attached hydrogens (tertiary/aromatic N) is 2. The summed E-state index contributed by atoms with van der Waals surface area (Å²) in [6.07, 6.45) is 0.345. The molecule has 0 fully saturated rings. The number of aromatic nitrogens is 1. The number of carbonyl (C=O) groups excluding carboxylic acids is 3. The van der Waals surface area contributed by atoms with Crippen molar-refractivity contribution in [2.24, 2.45) is 0 Å². The summed E-state index contributed by atoms with van der Waals surface area (Å²) in [6, 6.07) is 13.8. The minimum Gasteiger partial charge on any atom is -0.456 e. The van der Waals surface area contributed by atoms with Crippen molar-refractivity contribution in [3.05, 3.63) is 60.0 Å². The van der Waals surface area contributed by atoms with Crippen molar-refractivity contribution < 1.29 is 23.5 Å². The van der Waals surface area contributed by atoms with Crippen LogP contribution >= 0.6 is 0 Å². The van der Waals surface area contributed by atoms with Gasteiger partial charge in [-0.2, -0.15) is 0 Å². The van der Waals surface area contributed by atoms with Gasteiger partial charge in [0.25, 0.3) is 11.8 Å². The van der Waals surface area contributed by atoms with Gasteiger partial charge in [-0.05, 0) is 36.4 Å². The average molecular weight is 395 g/mol. The van der Waals surface area contributed by atoms with Crippen LogP contribution in [0.3, 0.4) is 0 Å². The Balaban J connectivity index is 1.42. The number of rotatable bonds is 7. The molecule has 0 saturated heterocycles. The third-order valence-corrected chi connectivity index (χ3v) is 4.07. The largest absolute Gasteiger partial charge is 0.456 e. The minimum atomic E-state index is -0.519. The van der Waals surface area contributed by atoms with Gasteiger partial charge in [0.2, 0.25) is 0 Å². The van der Waals surface area contributed by atoms with Crippen molar-refractivity contribution in [1.29, 1.82) is 0 Å². The van der Waals surface area contributed by atoms with Crippen LogP contribution in [0.25, 0.3) is 11.1 Å². The molecular weight excluding hydrogens is 374 g/mol. The Bertz CT molecular complexity index is 991. The number of hydrogen-bond acceptors (Lipinski definition) is 6. The fourth-order valence-electron chi connectivity index (χ4n) is 2.61. The Kier molecular flexibility index (Phi) is 6.23. The molecule has 1 aromatic heterocycles. The number of fused-ring (bicyclic) bond motifs is 1. The van der Waals surface area contributed by atoms with Crippen LogP contribution < -0.4 is 5.32 Å². The monoisotopic (exact) mass is 395 g/mol. The van der Waals surface area contributed by atoms with Crippen molar-refractivity contribution in [2.45, 2.75) is 12.8 Å². The number of para-hydroxylation sites is 2. The normalized spacial score (nSPS) is 10.6. The van der Waals surface area contributed by atoms with Crippen LogP contribution in [0.2, 0.25) is 0 Å². The van der Waals surface area contributed by atoms with E-state index in [1.165, 1.54) is 4.90 Å². The molecule has 2 amide bonds. The summed E-state index contributed by atoms with van der Waals surface area (Å²) in [7, 11) is 3.33. The molecule has 0 atom stereocenters. The summed E-state index contributed by atoms with van der Waals surface area (Å²) in [5.41, 5.74) is 2.41. The molecule has 8 heteroatoms. The molecule has 150 valence electrons. The maximum atomic E-state index is 11.9. The Labute approximate surface area is 167 Å². The van der Waals surface area contributed by atoms with E-state index in [4.69, 9.17) is 9.15 Å². The number of carbonyl (C=O) groups is 3. The predicted molar refractivity (Wildman–Crippen MR) is 106 cm³/mol. The summed E-state index contributed by atoms with van der Waals surface area (Å²) >= 11 is 0. The summed E-state index contributed by atoms with van der Waals surface area (Å²) in [6.45, 7) is -0.398. The van der Waals surface area contributed by atoms with Gasteiger partial charge in [-0.1, -0.05) is 12.1 Å². The Hall–Kier alpha value is -3.68. The first-order valence-electron chi connectivity index (χ1n) is 9.04. The molecule has 0 spiro atoms. The summed E-state index contributed by atoms with van der Waals surface area (Å²) in [4.78, 5) is 41.4. The zero-order valence-corrected chi connectivity index (χ0v) is 16.2. The first kappa shape index (κ1) is 20.1. The van der Waals surface area contributed by atoms with E-state index in [0.29, 0.717) is 22.7 Å². The summed E-state index contributed by atoms with van der Waals surface area (Å²) in [5.74, 6) is -0.669. The number of oxazole rings is 1. The van der Waals surface area contributed by atoms with E-state index in [1.54, 1.807) is 44.4 Å². The number of ether oxygens (including phenoxy) is 1. The molecule has 3 rings (SSSR count). The van der Waals surface area contributed by atoms with Gasteiger partial charge in [0.05, 0.1) is 6.42 Å². The lowest BCUT2D eigenvalue weighted by Gasteiger charge is -2.11. The highest BCUT2D eigenvalue weighted by Crippen LogP contribution is 2.16. The molecule has 3 aromatic rings. The lowest BCUT2D eigenvalue weighted by atomic mass is 10.2. The molecular formula is C21H21N3O5. The van der Waals surface area contributed by atoms with Gasteiger partial charge in [-0.3, -0.25) is 14.4 Å². The fourth-order valence-corrected chi connectivity index (χ4v) is 2.61. The van der Waals surface area contributed by atoms with Crippen LogP contribution in [0, 0.1) is 0 Å². The number of amides is 2. The topological polar surface area (TPSA) is 102 Å². The number of esters is 1. The predicted octanol–water partition coefficient (Wildman–Crippen LogP) is 2.64. The standard InChI is InChI=1S/C21H21N3O5/c1-24(2)21(27)14-7-9-15(10-8-14)22-18(25)13-28-20(26)12-11-19-23-16-5-3-4-6-17(16)29-19/h3-10H,11-13H2,1-2H3,(H,22,25). The SMILES string of the molecule is CN(C)C(=O)c1ccc(NC(=O)COC(=O)CCc2nc3ccccc3o2)cc1. The van der Waals surface area contributed by atoms with Crippen molar-refractivity contribution in [2.75, 3.05) is 26.0 Å². The zero-order chi connectivity index (χ0) is 20.8. The third-order valence-electron chi connectivity index (χ3n) is 4.07.